The Balaban J connectivity index is 2.38. The van der Waals surface area contributed by atoms with Crippen LogP contribution >= 0.6 is 11.6 Å². The molecule has 5 heteroatoms. The Labute approximate surface area is 128 Å². The van der Waals surface area contributed by atoms with Crippen LogP contribution in [-0.4, -0.2) is 10.9 Å². The van der Waals surface area contributed by atoms with Crippen LogP contribution in [0, 0.1) is 5.95 Å². The molecule has 0 unspecified atom stereocenters. The highest BCUT2D eigenvalue weighted by atomic mass is 35.5. The Hall–Kier alpha value is -1.94. The van der Waals surface area contributed by atoms with Gasteiger partial charge in [-0.25, -0.2) is 4.98 Å². The van der Waals surface area contributed by atoms with Gasteiger partial charge in [0.05, 0.1) is 0 Å². The number of carbonyl (C=O) groups is 1. The summed E-state index contributed by atoms with van der Waals surface area (Å²) in [6.45, 7) is 3.97. The summed E-state index contributed by atoms with van der Waals surface area (Å²) in [6.07, 6.45) is 1.45. The number of benzene rings is 1. The number of halogens is 2. The van der Waals surface area contributed by atoms with Gasteiger partial charge in [0.15, 0.2) is 0 Å². The minimum Gasteiger partial charge on any atom is -0.320 e. The number of nitrogens with zero attached hydrogens (tertiary/aromatic N) is 1. The minimum atomic E-state index is -0.680. The Morgan fingerprint density at radius 1 is 1.24 bits per heavy atom. The van der Waals surface area contributed by atoms with Gasteiger partial charge in [-0.05, 0) is 42.2 Å². The Morgan fingerprint density at radius 2 is 2.00 bits per heavy atom. The zero-order valence-corrected chi connectivity index (χ0v) is 12.7. The first-order valence-corrected chi connectivity index (χ1v) is 7.18. The van der Waals surface area contributed by atoms with E-state index in [0.29, 0.717) is 17.1 Å². The second kappa shape index (κ2) is 6.68. The monoisotopic (exact) mass is 306 g/mol. The van der Waals surface area contributed by atoms with Gasteiger partial charge >= 0.3 is 0 Å². The molecule has 1 aromatic heterocycles. The molecule has 1 aromatic carbocycles. The van der Waals surface area contributed by atoms with Crippen molar-refractivity contribution >= 4 is 23.2 Å². The molecule has 0 fully saturated rings. The summed E-state index contributed by atoms with van der Waals surface area (Å²) in [5, 5.41) is 3.42. The molecule has 0 bridgehead atoms. The molecule has 2 rings (SSSR count). The van der Waals surface area contributed by atoms with Crippen LogP contribution in [0.3, 0.4) is 0 Å². The van der Waals surface area contributed by atoms with Crippen LogP contribution in [-0.2, 0) is 12.8 Å². The quantitative estimate of drug-likeness (QED) is 0.858. The van der Waals surface area contributed by atoms with Gasteiger partial charge in [-0.3, -0.25) is 4.79 Å². The molecule has 1 heterocycles. The van der Waals surface area contributed by atoms with Crippen molar-refractivity contribution in [2.24, 2.45) is 0 Å². The van der Waals surface area contributed by atoms with Gasteiger partial charge < -0.3 is 5.32 Å². The van der Waals surface area contributed by atoms with E-state index in [1.807, 2.05) is 26.0 Å². The number of amides is 1. The average Bonchev–Trinajstić information content (AvgIpc) is 2.47. The number of hydrogen-bond donors (Lipinski definition) is 1. The Bertz CT molecular complexity index is 673. The number of hydrogen-bond acceptors (Lipinski definition) is 2. The number of aryl methyl sites for hydroxylation is 1. The maximum atomic E-state index is 13.1. The minimum absolute atomic E-state index is 0.0408. The van der Waals surface area contributed by atoms with Crippen LogP contribution < -0.4 is 5.32 Å². The van der Waals surface area contributed by atoms with E-state index in [1.54, 1.807) is 0 Å². The molecule has 3 nitrogen and oxygen atoms in total. The fraction of sp³-hybridized carbons (Fsp3) is 0.250. The van der Waals surface area contributed by atoms with Crippen molar-refractivity contribution in [3.8, 4) is 0 Å². The fourth-order valence-corrected chi connectivity index (χ4v) is 2.47. The standard InChI is InChI=1S/C16H16ClFN2O/c1-3-10-8-9-12(17)11(4-2)15(10)20-16(21)13-6-5-7-14(18)19-13/h5-9H,3-4H2,1-2H3,(H,20,21). The predicted molar refractivity (Wildman–Crippen MR) is 82.4 cm³/mol. The van der Waals surface area contributed by atoms with Gasteiger partial charge in [0.2, 0.25) is 5.95 Å². The molecule has 110 valence electrons. The van der Waals surface area contributed by atoms with Gasteiger partial charge in [-0.2, -0.15) is 4.39 Å². The van der Waals surface area contributed by atoms with Crippen LogP contribution in [0.4, 0.5) is 10.1 Å². The molecule has 2 aromatic rings. The van der Waals surface area contributed by atoms with Crippen LogP contribution in [0.25, 0.3) is 0 Å². The summed E-state index contributed by atoms with van der Waals surface area (Å²) < 4.78 is 13.1. The molecular weight excluding hydrogens is 291 g/mol. The summed E-state index contributed by atoms with van der Waals surface area (Å²) in [6, 6.07) is 7.84. The zero-order chi connectivity index (χ0) is 15.4. The predicted octanol–water partition coefficient (Wildman–Crippen LogP) is 4.25. The lowest BCUT2D eigenvalue weighted by Crippen LogP contribution is -2.16. The van der Waals surface area contributed by atoms with E-state index in [2.05, 4.69) is 10.3 Å². The van der Waals surface area contributed by atoms with Crippen molar-refractivity contribution in [2.75, 3.05) is 5.32 Å². The van der Waals surface area contributed by atoms with E-state index in [0.717, 1.165) is 17.5 Å². The normalized spacial score (nSPS) is 10.5. The highest BCUT2D eigenvalue weighted by Crippen LogP contribution is 2.29. The van der Waals surface area contributed by atoms with Gasteiger partial charge in [-0.1, -0.05) is 37.6 Å². The summed E-state index contributed by atoms with van der Waals surface area (Å²) in [5.74, 6) is -1.12. The maximum Gasteiger partial charge on any atom is 0.274 e. The lowest BCUT2D eigenvalue weighted by Gasteiger charge is -2.15. The number of rotatable bonds is 4. The highest BCUT2D eigenvalue weighted by molar-refractivity contribution is 6.32. The van der Waals surface area contributed by atoms with E-state index in [9.17, 15) is 9.18 Å². The molecule has 0 aliphatic rings. The molecule has 1 N–H and O–H groups in total. The number of carbonyl (C=O) groups excluding carboxylic acids is 1. The third kappa shape index (κ3) is 3.39. The molecule has 0 aliphatic carbocycles. The second-order valence-corrected chi connectivity index (χ2v) is 4.97. The average molecular weight is 307 g/mol. The van der Waals surface area contributed by atoms with Crippen molar-refractivity contribution in [2.45, 2.75) is 26.7 Å². The van der Waals surface area contributed by atoms with Crippen LogP contribution in [0.2, 0.25) is 5.02 Å². The van der Waals surface area contributed by atoms with Crippen molar-refractivity contribution in [1.29, 1.82) is 0 Å². The summed E-state index contributed by atoms with van der Waals surface area (Å²) in [7, 11) is 0. The summed E-state index contributed by atoms with van der Waals surface area (Å²) >= 11 is 6.19. The van der Waals surface area contributed by atoms with Crippen molar-refractivity contribution in [1.82, 2.24) is 4.98 Å². The Morgan fingerprint density at radius 3 is 2.62 bits per heavy atom. The molecule has 21 heavy (non-hydrogen) atoms. The molecule has 0 saturated heterocycles. The highest BCUT2D eigenvalue weighted by Gasteiger charge is 2.15. The number of anilines is 1. The lowest BCUT2D eigenvalue weighted by atomic mass is 10.0. The summed E-state index contributed by atoms with van der Waals surface area (Å²) in [5.41, 5.74) is 2.60. The van der Waals surface area contributed by atoms with Crippen LogP contribution in [0.15, 0.2) is 30.3 Å². The number of nitrogens with one attached hydrogen (secondary N) is 1. The molecule has 1 amide bonds. The first kappa shape index (κ1) is 15.4. The van der Waals surface area contributed by atoms with E-state index in [4.69, 9.17) is 11.6 Å². The molecule has 0 atom stereocenters. The number of pyridine rings is 1. The molecule has 0 radical (unpaired) electrons. The maximum absolute atomic E-state index is 13.1. The number of aromatic nitrogens is 1. The topological polar surface area (TPSA) is 42.0 Å². The lowest BCUT2D eigenvalue weighted by molar-refractivity contribution is 0.102. The van der Waals surface area contributed by atoms with Gasteiger partial charge in [0, 0.05) is 10.7 Å². The van der Waals surface area contributed by atoms with E-state index in [-0.39, 0.29) is 5.69 Å². The van der Waals surface area contributed by atoms with Crippen molar-refractivity contribution in [3.63, 3.8) is 0 Å². The second-order valence-electron chi connectivity index (χ2n) is 4.57. The van der Waals surface area contributed by atoms with Crippen molar-refractivity contribution in [3.05, 3.63) is 58.1 Å². The molecular formula is C16H16ClFN2O. The molecule has 0 aliphatic heterocycles. The van der Waals surface area contributed by atoms with E-state index >= 15 is 0 Å². The fourth-order valence-electron chi connectivity index (χ4n) is 2.18. The van der Waals surface area contributed by atoms with E-state index in [1.165, 1.54) is 18.2 Å². The first-order chi connectivity index (χ1) is 10.1. The van der Waals surface area contributed by atoms with Gasteiger partial charge in [0.1, 0.15) is 5.69 Å². The third-order valence-corrected chi connectivity index (χ3v) is 3.62. The van der Waals surface area contributed by atoms with Crippen LogP contribution in [0.5, 0.6) is 0 Å². The van der Waals surface area contributed by atoms with Crippen molar-refractivity contribution < 1.29 is 9.18 Å². The van der Waals surface area contributed by atoms with Gasteiger partial charge in [-0.15, -0.1) is 0 Å². The SMILES string of the molecule is CCc1ccc(Cl)c(CC)c1NC(=O)c1cccc(F)n1. The third-order valence-electron chi connectivity index (χ3n) is 3.26. The first-order valence-electron chi connectivity index (χ1n) is 6.81. The summed E-state index contributed by atoms with van der Waals surface area (Å²) in [4.78, 5) is 15.8. The smallest absolute Gasteiger partial charge is 0.274 e. The molecule has 0 spiro atoms. The largest absolute Gasteiger partial charge is 0.320 e. The van der Waals surface area contributed by atoms with E-state index < -0.39 is 11.9 Å². The Kier molecular flexibility index (Phi) is 4.91. The molecule has 0 saturated carbocycles. The zero-order valence-electron chi connectivity index (χ0n) is 11.9. The van der Waals surface area contributed by atoms with Crippen LogP contribution in [0.1, 0.15) is 35.5 Å². The van der Waals surface area contributed by atoms with Gasteiger partial charge in [0.25, 0.3) is 5.91 Å².